The molecule has 1 N–H and O–H groups in total. The predicted octanol–water partition coefficient (Wildman–Crippen LogP) is 2.97. The minimum Gasteiger partial charge on any atom is -0.493 e. The summed E-state index contributed by atoms with van der Waals surface area (Å²) in [6.07, 6.45) is 2.39. The Morgan fingerprint density at radius 1 is 1.15 bits per heavy atom. The average molecular weight is 385 g/mol. The van der Waals surface area contributed by atoms with Crippen LogP contribution in [0.4, 0.5) is 0 Å². The summed E-state index contributed by atoms with van der Waals surface area (Å²) in [4.78, 5) is 27.6. The maximum Gasteiger partial charge on any atom is 0.263 e. The van der Waals surface area contributed by atoms with E-state index in [-0.39, 0.29) is 17.7 Å². The molecule has 0 saturated carbocycles. The van der Waals surface area contributed by atoms with Crippen molar-refractivity contribution in [2.45, 2.75) is 19.3 Å². The van der Waals surface area contributed by atoms with Crippen molar-refractivity contribution >= 4 is 23.2 Å². The molecule has 5 nitrogen and oxygen atoms in total. The van der Waals surface area contributed by atoms with E-state index in [1.54, 1.807) is 0 Å². The lowest BCUT2D eigenvalue weighted by molar-refractivity contribution is -0.126. The van der Waals surface area contributed by atoms with Crippen LogP contribution < -0.4 is 10.1 Å². The Hall–Kier alpha value is -2.34. The largest absolute Gasteiger partial charge is 0.493 e. The van der Waals surface area contributed by atoms with Crippen LogP contribution in [0.3, 0.4) is 0 Å². The number of rotatable bonds is 4. The molecule has 0 bridgehead atoms. The molecular formula is C21H24N2O3S. The summed E-state index contributed by atoms with van der Waals surface area (Å²) in [6.45, 7) is 2.58. The normalized spacial score (nSPS) is 19.9. The monoisotopic (exact) mass is 384 g/mol. The van der Waals surface area contributed by atoms with E-state index in [1.807, 2.05) is 40.6 Å². The van der Waals surface area contributed by atoms with Gasteiger partial charge in [-0.3, -0.25) is 9.59 Å². The van der Waals surface area contributed by atoms with Gasteiger partial charge in [0.05, 0.1) is 11.5 Å². The van der Waals surface area contributed by atoms with E-state index in [0.29, 0.717) is 32.2 Å². The molecule has 1 fully saturated rings. The fourth-order valence-electron chi connectivity index (χ4n) is 3.81. The molecule has 2 aliphatic heterocycles. The van der Waals surface area contributed by atoms with E-state index in [0.717, 1.165) is 29.9 Å². The number of hydrogen-bond donors (Lipinski definition) is 1. The van der Waals surface area contributed by atoms with E-state index in [2.05, 4.69) is 11.4 Å². The summed E-state index contributed by atoms with van der Waals surface area (Å²) in [5, 5.41) is 5.02. The Labute approximate surface area is 163 Å². The number of carbonyl (C=O) groups excluding carboxylic acids is 2. The molecule has 1 atom stereocenters. The molecule has 0 aliphatic carbocycles. The maximum atomic E-state index is 12.5. The van der Waals surface area contributed by atoms with Gasteiger partial charge in [0.1, 0.15) is 5.75 Å². The van der Waals surface area contributed by atoms with Gasteiger partial charge in [-0.05, 0) is 42.3 Å². The third-order valence-corrected chi connectivity index (χ3v) is 6.26. The van der Waals surface area contributed by atoms with Crippen molar-refractivity contribution < 1.29 is 14.3 Å². The number of ether oxygens (including phenoxy) is 1. The van der Waals surface area contributed by atoms with Gasteiger partial charge in [0.25, 0.3) is 5.91 Å². The van der Waals surface area contributed by atoms with Gasteiger partial charge < -0.3 is 15.0 Å². The van der Waals surface area contributed by atoms with Crippen LogP contribution in [0.25, 0.3) is 0 Å². The highest BCUT2D eigenvalue weighted by molar-refractivity contribution is 7.12. The zero-order valence-electron chi connectivity index (χ0n) is 15.2. The molecule has 0 radical (unpaired) electrons. The van der Waals surface area contributed by atoms with E-state index in [4.69, 9.17) is 4.74 Å². The van der Waals surface area contributed by atoms with Crippen molar-refractivity contribution in [3.8, 4) is 5.75 Å². The number of likely N-dealkylation sites (tertiary alicyclic amines) is 1. The molecule has 2 aromatic rings. The highest BCUT2D eigenvalue weighted by Gasteiger charge is 2.29. The summed E-state index contributed by atoms with van der Waals surface area (Å²) >= 11 is 1.47. The number of benzene rings is 1. The smallest absolute Gasteiger partial charge is 0.263 e. The molecule has 27 heavy (non-hydrogen) atoms. The van der Waals surface area contributed by atoms with Gasteiger partial charge in [-0.2, -0.15) is 0 Å². The van der Waals surface area contributed by atoms with Gasteiger partial charge in [-0.15, -0.1) is 11.3 Å². The quantitative estimate of drug-likeness (QED) is 0.882. The van der Waals surface area contributed by atoms with Crippen LogP contribution in [0.15, 0.2) is 41.8 Å². The number of fused-ring (bicyclic) bond motifs is 1. The molecule has 2 amide bonds. The fraction of sp³-hybridized carbons (Fsp3) is 0.429. The van der Waals surface area contributed by atoms with Crippen LogP contribution in [0.5, 0.6) is 5.75 Å². The van der Waals surface area contributed by atoms with Crippen LogP contribution in [-0.2, 0) is 11.2 Å². The predicted molar refractivity (Wildman–Crippen MR) is 105 cm³/mol. The lowest BCUT2D eigenvalue weighted by Gasteiger charge is -2.31. The van der Waals surface area contributed by atoms with Gasteiger partial charge in [0, 0.05) is 31.5 Å². The first-order valence-electron chi connectivity index (χ1n) is 9.52. The number of amides is 2. The minimum absolute atomic E-state index is 0.00539. The molecule has 1 aromatic heterocycles. The first kappa shape index (κ1) is 18.0. The zero-order valence-corrected chi connectivity index (χ0v) is 16.0. The molecular weight excluding hydrogens is 360 g/mol. The molecule has 0 spiro atoms. The van der Waals surface area contributed by atoms with Crippen molar-refractivity contribution in [2.75, 3.05) is 26.2 Å². The highest BCUT2D eigenvalue weighted by Crippen LogP contribution is 2.27. The lowest BCUT2D eigenvalue weighted by atomic mass is 9.94. The van der Waals surface area contributed by atoms with Crippen LogP contribution in [-0.4, -0.2) is 43.0 Å². The third-order valence-electron chi connectivity index (χ3n) is 5.41. The number of nitrogens with one attached hydrogen (secondary N) is 1. The zero-order chi connectivity index (χ0) is 18.6. The molecule has 6 heteroatoms. The summed E-state index contributed by atoms with van der Waals surface area (Å²) in [5.74, 6) is 1.46. The molecule has 142 valence electrons. The lowest BCUT2D eigenvalue weighted by Crippen LogP contribution is -2.44. The van der Waals surface area contributed by atoms with Crippen molar-refractivity contribution in [1.82, 2.24) is 10.2 Å². The van der Waals surface area contributed by atoms with Crippen molar-refractivity contribution in [1.29, 1.82) is 0 Å². The minimum atomic E-state index is -0.00539. The topological polar surface area (TPSA) is 58.6 Å². The van der Waals surface area contributed by atoms with Crippen LogP contribution in [0, 0.1) is 11.8 Å². The van der Waals surface area contributed by atoms with Gasteiger partial charge in [0.2, 0.25) is 5.91 Å². The third kappa shape index (κ3) is 4.16. The Kier molecular flexibility index (Phi) is 5.43. The Morgan fingerprint density at radius 2 is 1.96 bits per heavy atom. The van der Waals surface area contributed by atoms with E-state index in [9.17, 15) is 9.59 Å². The van der Waals surface area contributed by atoms with Crippen molar-refractivity contribution in [2.24, 2.45) is 11.8 Å². The number of hydrogen-bond acceptors (Lipinski definition) is 4. The molecule has 4 rings (SSSR count). The molecule has 1 aromatic carbocycles. The SMILES string of the molecule is O=C(NCC1COc2ccccc2C1)C1CCN(C(=O)c2cccs2)CC1. The summed E-state index contributed by atoms with van der Waals surface area (Å²) in [7, 11) is 0. The average Bonchev–Trinajstić information content (AvgIpc) is 3.26. The number of thiophene rings is 1. The first-order chi connectivity index (χ1) is 13.2. The molecule has 1 unspecified atom stereocenters. The number of nitrogens with zero attached hydrogens (tertiary/aromatic N) is 1. The van der Waals surface area contributed by atoms with Gasteiger partial charge in [0.15, 0.2) is 0 Å². The number of para-hydroxylation sites is 1. The second kappa shape index (κ2) is 8.13. The van der Waals surface area contributed by atoms with Gasteiger partial charge in [-0.1, -0.05) is 24.3 Å². The van der Waals surface area contributed by atoms with E-state index in [1.165, 1.54) is 16.9 Å². The van der Waals surface area contributed by atoms with Gasteiger partial charge in [-0.25, -0.2) is 0 Å². The summed E-state index contributed by atoms with van der Waals surface area (Å²) in [6, 6.07) is 11.8. The highest BCUT2D eigenvalue weighted by atomic mass is 32.1. The van der Waals surface area contributed by atoms with Crippen LogP contribution in [0.2, 0.25) is 0 Å². The number of piperidine rings is 1. The maximum absolute atomic E-state index is 12.5. The van der Waals surface area contributed by atoms with Crippen molar-refractivity contribution in [3.63, 3.8) is 0 Å². The fourth-order valence-corrected chi connectivity index (χ4v) is 4.50. The summed E-state index contributed by atoms with van der Waals surface area (Å²) < 4.78 is 5.80. The Balaban J connectivity index is 1.23. The van der Waals surface area contributed by atoms with Gasteiger partial charge >= 0.3 is 0 Å². The standard InChI is InChI=1S/C21H24N2O3S/c24-20(22-13-15-12-17-4-1-2-5-18(17)26-14-15)16-7-9-23(10-8-16)21(25)19-6-3-11-27-19/h1-6,11,15-16H,7-10,12-14H2,(H,22,24). The first-order valence-corrected chi connectivity index (χ1v) is 10.4. The summed E-state index contributed by atoms with van der Waals surface area (Å²) in [5.41, 5.74) is 1.21. The second-order valence-corrected chi connectivity index (χ2v) is 8.23. The Bertz CT molecular complexity index is 798. The number of carbonyl (C=O) groups is 2. The molecule has 1 saturated heterocycles. The van der Waals surface area contributed by atoms with Crippen LogP contribution in [0.1, 0.15) is 28.1 Å². The second-order valence-electron chi connectivity index (χ2n) is 7.28. The van der Waals surface area contributed by atoms with Crippen molar-refractivity contribution in [3.05, 3.63) is 52.2 Å². The molecule has 2 aliphatic rings. The molecule has 3 heterocycles. The Morgan fingerprint density at radius 3 is 2.74 bits per heavy atom. The van der Waals surface area contributed by atoms with E-state index < -0.39 is 0 Å². The van der Waals surface area contributed by atoms with E-state index >= 15 is 0 Å². The van der Waals surface area contributed by atoms with Crippen LogP contribution >= 0.6 is 11.3 Å².